The second-order valence-electron chi connectivity index (χ2n) is 5.01. The molecule has 0 saturated heterocycles. The minimum absolute atomic E-state index is 0.905. The first-order valence-electron chi connectivity index (χ1n) is 6.50. The van der Waals surface area contributed by atoms with Gasteiger partial charge in [-0.2, -0.15) is 0 Å². The fourth-order valence-electron chi connectivity index (χ4n) is 2.48. The average Bonchev–Trinajstić information content (AvgIpc) is 2.33. The van der Waals surface area contributed by atoms with Gasteiger partial charge in [0, 0.05) is 6.42 Å². The van der Waals surface area contributed by atoms with E-state index in [2.05, 4.69) is 40.5 Å². The normalized spacial score (nSPS) is 10.4. The minimum Gasteiger partial charge on any atom is -0.120 e. The third kappa shape index (κ3) is 2.91. The van der Waals surface area contributed by atoms with E-state index in [9.17, 15) is 0 Å². The van der Waals surface area contributed by atoms with Gasteiger partial charge in [0.05, 0.1) is 0 Å². The van der Waals surface area contributed by atoms with Crippen LogP contribution in [0.5, 0.6) is 0 Å². The standard InChI is InChI=1S/C17H24/c1-7-8-9-10-11-17-15(5)13(3)12(2)14(4)16(17)6/h1H,8-11H2,2-6H3. The lowest BCUT2D eigenvalue weighted by Gasteiger charge is -2.18. The molecule has 0 aliphatic rings. The molecule has 17 heavy (non-hydrogen) atoms. The number of terminal acetylenes is 1. The smallest absolute Gasteiger partial charge is 0.00861 e. The molecule has 1 aromatic carbocycles. The molecule has 0 amide bonds. The Labute approximate surface area is 106 Å². The maximum atomic E-state index is 5.29. The molecule has 0 heteroatoms. The van der Waals surface area contributed by atoms with Crippen LogP contribution in [0.2, 0.25) is 0 Å². The van der Waals surface area contributed by atoms with Gasteiger partial charge in [-0.15, -0.1) is 12.3 Å². The van der Waals surface area contributed by atoms with E-state index < -0.39 is 0 Å². The van der Waals surface area contributed by atoms with Crippen LogP contribution in [-0.4, -0.2) is 0 Å². The zero-order chi connectivity index (χ0) is 13.0. The number of rotatable bonds is 4. The number of unbranched alkanes of at least 4 members (excludes halogenated alkanes) is 2. The summed E-state index contributed by atoms with van der Waals surface area (Å²) < 4.78 is 0. The molecule has 0 N–H and O–H groups in total. The van der Waals surface area contributed by atoms with Crippen LogP contribution >= 0.6 is 0 Å². The Kier molecular flexibility index (Phi) is 4.82. The van der Waals surface area contributed by atoms with Crippen LogP contribution in [0.25, 0.3) is 0 Å². The van der Waals surface area contributed by atoms with Gasteiger partial charge < -0.3 is 0 Å². The van der Waals surface area contributed by atoms with E-state index in [1.54, 1.807) is 5.56 Å². The van der Waals surface area contributed by atoms with Gasteiger partial charge in [-0.25, -0.2) is 0 Å². The molecule has 0 aromatic heterocycles. The third-order valence-electron chi connectivity index (χ3n) is 4.15. The van der Waals surface area contributed by atoms with Crippen molar-refractivity contribution in [1.29, 1.82) is 0 Å². The molecule has 0 heterocycles. The summed E-state index contributed by atoms with van der Waals surface area (Å²) >= 11 is 0. The SMILES string of the molecule is C#CCCCCc1c(C)c(C)c(C)c(C)c1C. The predicted molar refractivity (Wildman–Crippen MR) is 76.5 cm³/mol. The molecule has 0 spiro atoms. The molecule has 1 rings (SSSR count). The second-order valence-corrected chi connectivity index (χ2v) is 5.01. The molecule has 0 aliphatic heterocycles. The van der Waals surface area contributed by atoms with Gasteiger partial charge in [0.15, 0.2) is 0 Å². The number of hydrogen-bond acceptors (Lipinski definition) is 0. The van der Waals surface area contributed by atoms with E-state index in [1.165, 1.54) is 40.7 Å². The quantitative estimate of drug-likeness (QED) is 0.523. The second kappa shape index (κ2) is 5.92. The van der Waals surface area contributed by atoms with Gasteiger partial charge in [-0.05, 0) is 87.3 Å². The summed E-state index contributed by atoms with van der Waals surface area (Å²) in [6, 6.07) is 0. The molecule has 0 aliphatic carbocycles. The Morgan fingerprint density at radius 1 is 0.765 bits per heavy atom. The Morgan fingerprint density at radius 3 is 1.71 bits per heavy atom. The monoisotopic (exact) mass is 228 g/mol. The van der Waals surface area contributed by atoms with Crippen LogP contribution in [0.4, 0.5) is 0 Å². The summed E-state index contributed by atoms with van der Waals surface area (Å²) in [5, 5.41) is 0. The molecule has 92 valence electrons. The Balaban J connectivity index is 2.96. The number of benzene rings is 1. The first kappa shape index (κ1) is 13.8. The fraction of sp³-hybridized carbons (Fsp3) is 0.529. The van der Waals surface area contributed by atoms with Crippen molar-refractivity contribution >= 4 is 0 Å². The van der Waals surface area contributed by atoms with Gasteiger partial charge in [-0.1, -0.05) is 0 Å². The van der Waals surface area contributed by atoms with Crippen molar-refractivity contribution in [3.63, 3.8) is 0 Å². The van der Waals surface area contributed by atoms with Crippen LogP contribution in [0.15, 0.2) is 0 Å². The predicted octanol–water partition coefficient (Wildman–Crippen LogP) is 4.57. The van der Waals surface area contributed by atoms with Crippen molar-refractivity contribution in [2.24, 2.45) is 0 Å². The Bertz CT molecular complexity index is 415. The molecule has 0 fully saturated rings. The molecular formula is C17H24. The molecule has 0 radical (unpaired) electrons. The van der Waals surface area contributed by atoms with Crippen molar-refractivity contribution in [2.75, 3.05) is 0 Å². The highest BCUT2D eigenvalue weighted by Gasteiger charge is 2.11. The summed E-state index contributed by atoms with van der Waals surface area (Å²) in [5.74, 6) is 2.72. The van der Waals surface area contributed by atoms with E-state index in [-0.39, 0.29) is 0 Å². The maximum absolute atomic E-state index is 5.29. The van der Waals surface area contributed by atoms with Crippen molar-refractivity contribution in [1.82, 2.24) is 0 Å². The maximum Gasteiger partial charge on any atom is 0.00861 e. The molecule has 0 unspecified atom stereocenters. The topological polar surface area (TPSA) is 0 Å². The lowest BCUT2D eigenvalue weighted by atomic mass is 9.87. The molecule has 0 bridgehead atoms. The molecule has 0 saturated carbocycles. The lowest BCUT2D eigenvalue weighted by molar-refractivity contribution is 0.749. The van der Waals surface area contributed by atoms with E-state index >= 15 is 0 Å². The van der Waals surface area contributed by atoms with Gasteiger partial charge in [0.25, 0.3) is 0 Å². The highest BCUT2D eigenvalue weighted by atomic mass is 14.2. The van der Waals surface area contributed by atoms with Crippen molar-refractivity contribution in [3.05, 3.63) is 33.4 Å². The van der Waals surface area contributed by atoms with E-state index in [1.807, 2.05) is 0 Å². The van der Waals surface area contributed by atoms with Crippen LogP contribution < -0.4 is 0 Å². The first-order chi connectivity index (χ1) is 8.00. The molecule has 1 aromatic rings. The van der Waals surface area contributed by atoms with Crippen LogP contribution in [0.3, 0.4) is 0 Å². The number of hydrogen-bond donors (Lipinski definition) is 0. The van der Waals surface area contributed by atoms with E-state index in [4.69, 9.17) is 6.42 Å². The lowest BCUT2D eigenvalue weighted by Crippen LogP contribution is -2.03. The van der Waals surface area contributed by atoms with Crippen LogP contribution in [-0.2, 0) is 6.42 Å². The highest BCUT2D eigenvalue weighted by Crippen LogP contribution is 2.27. The Morgan fingerprint density at radius 2 is 1.24 bits per heavy atom. The zero-order valence-corrected chi connectivity index (χ0v) is 11.9. The van der Waals surface area contributed by atoms with Crippen LogP contribution in [0.1, 0.15) is 52.6 Å². The first-order valence-corrected chi connectivity index (χ1v) is 6.50. The van der Waals surface area contributed by atoms with Crippen molar-refractivity contribution in [2.45, 2.75) is 60.3 Å². The summed E-state index contributed by atoms with van der Waals surface area (Å²) in [7, 11) is 0. The van der Waals surface area contributed by atoms with E-state index in [0.717, 1.165) is 12.8 Å². The van der Waals surface area contributed by atoms with Gasteiger partial charge in [0.2, 0.25) is 0 Å². The van der Waals surface area contributed by atoms with E-state index in [0.29, 0.717) is 0 Å². The van der Waals surface area contributed by atoms with Crippen molar-refractivity contribution < 1.29 is 0 Å². The summed E-state index contributed by atoms with van der Waals surface area (Å²) in [4.78, 5) is 0. The average molecular weight is 228 g/mol. The molecule has 0 nitrogen and oxygen atoms in total. The minimum atomic E-state index is 0.905. The summed E-state index contributed by atoms with van der Waals surface area (Å²) in [5.41, 5.74) is 8.87. The zero-order valence-electron chi connectivity index (χ0n) is 11.9. The van der Waals surface area contributed by atoms with Crippen LogP contribution in [0, 0.1) is 47.0 Å². The molecule has 0 atom stereocenters. The van der Waals surface area contributed by atoms with Crippen molar-refractivity contribution in [3.8, 4) is 12.3 Å². The largest absolute Gasteiger partial charge is 0.120 e. The van der Waals surface area contributed by atoms with Gasteiger partial charge in [-0.3, -0.25) is 0 Å². The third-order valence-corrected chi connectivity index (χ3v) is 4.15. The highest BCUT2D eigenvalue weighted by molar-refractivity contribution is 5.49. The Hall–Kier alpha value is -1.22. The fourth-order valence-corrected chi connectivity index (χ4v) is 2.48. The molecular weight excluding hydrogens is 204 g/mol. The van der Waals surface area contributed by atoms with Gasteiger partial charge in [0.1, 0.15) is 0 Å². The summed E-state index contributed by atoms with van der Waals surface area (Å²) in [6.07, 6.45) is 9.70. The summed E-state index contributed by atoms with van der Waals surface area (Å²) in [6.45, 7) is 11.2. The van der Waals surface area contributed by atoms with Gasteiger partial charge >= 0.3 is 0 Å².